The average molecular weight is 313 g/mol. The number of benzene rings is 1. The third-order valence-electron chi connectivity index (χ3n) is 2.98. The van der Waals surface area contributed by atoms with Crippen LogP contribution in [0, 0.1) is 5.82 Å². The second kappa shape index (κ2) is 5.48. The van der Waals surface area contributed by atoms with Crippen molar-refractivity contribution in [2.45, 2.75) is 12.5 Å². The van der Waals surface area contributed by atoms with Crippen molar-refractivity contribution in [3.05, 3.63) is 63.6 Å². The molecule has 0 amide bonds. The first-order chi connectivity index (χ1) is 9.32. The summed E-state index contributed by atoms with van der Waals surface area (Å²) in [5.74, 6) is -1.10. The zero-order chi connectivity index (χ0) is 14.9. The van der Waals surface area contributed by atoms with Gasteiger partial charge in [0.2, 0.25) is 0 Å². The van der Waals surface area contributed by atoms with Crippen LogP contribution in [0.2, 0.25) is 10.2 Å². The van der Waals surface area contributed by atoms with Gasteiger partial charge in [-0.25, -0.2) is 9.37 Å². The molecule has 0 aliphatic carbocycles. The van der Waals surface area contributed by atoms with Gasteiger partial charge < -0.3 is 5.73 Å². The molecule has 1 heterocycles. The Labute approximate surface area is 125 Å². The number of pyridine rings is 1. The highest BCUT2D eigenvalue weighted by Gasteiger charge is 2.32. The SMILES string of the molecule is CC(N)(C(=O)c1ccc(Cl)c(F)c1)c1ccc(Cl)nc1. The minimum absolute atomic E-state index is 0.0477. The lowest BCUT2D eigenvalue weighted by Crippen LogP contribution is -2.42. The lowest BCUT2D eigenvalue weighted by atomic mass is 9.86. The highest BCUT2D eigenvalue weighted by atomic mass is 35.5. The van der Waals surface area contributed by atoms with E-state index in [9.17, 15) is 9.18 Å². The van der Waals surface area contributed by atoms with Crippen LogP contribution >= 0.6 is 23.2 Å². The van der Waals surface area contributed by atoms with E-state index in [1.807, 2.05) is 0 Å². The molecule has 1 atom stereocenters. The van der Waals surface area contributed by atoms with Crippen LogP contribution in [0.25, 0.3) is 0 Å². The maximum atomic E-state index is 13.4. The molecule has 1 aromatic heterocycles. The van der Waals surface area contributed by atoms with E-state index in [0.29, 0.717) is 10.7 Å². The summed E-state index contributed by atoms with van der Waals surface area (Å²) in [6.45, 7) is 1.53. The Hall–Kier alpha value is -1.49. The predicted molar refractivity (Wildman–Crippen MR) is 76.5 cm³/mol. The molecule has 0 bridgehead atoms. The Balaban J connectivity index is 2.39. The molecule has 0 aliphatic heterocycles. The standard InChI is InChI=1S/C14H11Cl2FN2O/c1-14(18,9-3-5-12(16)19-7-9)13(20)8-2-4-10(15)11(17)6-8/h2-7H,18H2,1H3. The van der Waals surface area contributed by atoms with E-state index in [1.54, 1.807) is 6.07 Å². The molecule has 2 N–H and O–H groups in total. The molecule has 1 unspecified atom stereocenters. The molecule has 0 radical (unpaired) electrons. The molecular formula is C14H11Cl2FN2O. The van der Waals surface area contributed by atoms with Crippen molar-refractivity contribution >= 4 is 29.0 Å². The molecule has 104 valence electrons. The molecule has 0 fully saturated rings. The van der Waals surface area contributed by atoms with Crippen molar-refractivity contribution in [2.24, 2.45) is 5.73 Å². The highest BCUT2D eigenvalue weighted by molar-refractivity contribution is 6.30. The Morgan fingerprint density at radius 1 is 1.30 bits per heavy atom. The second-order valence-electron chi connectivity index (χ2n) is 4.53. The number of carbonyl (C=O) groups excluding carboxylic acids is 1. The minimum Gasteiger partial charge on any atom is -0.315 e. The topological polar surface area (TPSA) is 56.0 Å². The van der Waals surface area contributed by atoms with Crippen molar-refractivity contribution < 1.29 is 9.18 Å². The van der Waals surface area contributed by atoms with Gasteiger partial charge in [-0.3, -0.25) is 4.79 Å². The fraction of sp³-hybridized carbons (Fsp3) is 0.143. The summed E-state index contributed by atoms with van der Waals surface area (Å²) in [6.07, 6.45) is 1.42. The van der Waals surface area contributed by atoms with Crippen LogP contribution in [0.15, 0.2) is 36.5 Å². The van der Waals surface area contributed by atoms with E-state index in [2.05, 4.69) is 4.98 Å². The summed E-state index contributed by atoms with van der Waals surface area (Å²) in [4.78, 5) is 16.3. The highest BCUT2D eigenvalue weighted by Crippen LogP contribution is 2.25. The molecule has 3 nitrogen and oxygen atoms in total. The van der Waals surface area contributed by atoms with Crippen LogP contribution in [-0.4, -0.2) is 10.8 Å². The Morgan fingerprint density at radius 2 is 2.00 bits per heavy atom. The first-order valence-corrected chi connectivity index (χ1v) is 6.48. The van der Waals surface area contributed by atoms with Crippen LogP contribution in [-0.2, 0) is 5.54 Å². The number of hydrogen-bond donors (Lipinski definition) is 1. The monoisotopic (exact) mass is 312 g/mol. The molecule has 0 saturated heterocycles. The summed E-state index contributed by atoms with van der Waals surface area (Å²) in [5.41, 5.74) is 5.36. The lowest BCUT2D eigenvalue weighted by Gasteiger charge is -2.23. The van der Waals surface area contributed by atoms with Gasteiger partial charge in [-0.15, -0.1) is 0 Å². The van der Waals surface area contributed by atoms with E-state index in [4.69, 9.17) is 28.9 Å². The van der Waals surface area contributed by atoms with Gasteiger partial charge >= 0.3 is 0 Å². The fourth-order valence-electron chi connectivity index (χ4n) is 1.75. The van der Waals surface area contributed by atoms with Gasteiger partial charge in [-0.2, -0.15) is 0 Å². The van der Waals surface area contributed by atoms with Crippen molar-refractivity contribution in [3.63, 3.8) is 0 Å². The molecule has 20 heavy (non-hydrogen) atoms. The molecule has 6 heteroatoms. The predicted octanol–water partition coefficient (Wildman–Crippen LogP) is 3.58. The van der Waals surface area contributed by atoms with Crippen molar-refractivity contribution in [1.29, 1.82) is 0 Å². The number of halogens is 3. The first kappa shape index (κ1) is 14.9. The molecule has 2 aromatic rings. The molecule has 2 rings (SSSR count). The second-order valence-corrected chi connectivity index (χ2v) is 5.32. The number of nitrogens with two attached hydrogens (primary N) is 1. The van der Waals surface area contributed by atoms with E-state index in [0.717, 1.165) is 6.07 Å². The van der Waals surface area contributed by atoms with E-state index >= 15 is 0 Å². The zero-order valence-electron chi connectivity index (χ0n) is 10.5. The van der Waals surface area contributed by atoms with Gasteiger partial charge in [0, 0.05) is 11.8 Å². The Kier molecular flexibility index (Phi) is 4.09. The summed E-state index contributed by atoms with van der Waals surface area (Å²) >= 11 is 11.3. The summed E-state index contributed by atoms with van der Waals surface area (Å²) in [7, 11) is 0. The number of rotatable bonds is 3. The fourth-order valence-corrected chi connectivity index (χ4v) is 1.98. The van der Waals surface area contributed by atoms with Crippen LogP contribution in [0.4, 0.5) is 4.39 Å². The minimum atomic E-state index is -1.34. The normalized spacial score (nSPS) is 13.8. The Bertz CT molecular complexity index is 657. The number of ketones is 1. The summed E-state index contributed by atoms with van der Waals surface area (Å²) < 4.78 is 13.4. The van der Waals surface area contributed by atoms with Crippen molar-refractivity contribution in [3.8, 4) is 0 Å². The molecule has 0 spiro atoms. The first-order valence-electron chi connectivity index (χ1n) is 5.73. The van der Waals surface area contributed by atoms with Crippen molar-refractivity contribution in [1.82, 2.24) is 4.98 Å². The average Bonchev–Trinajstić information content (AvgIpc) is 2.41. The third kappa shape index (κ3) is 2.82. The van der Waals surface area contributed by atoms with Gasteiger partial charge in [0.15, 0.2) is 5.78 Å². The number of hydrogen-bond acceptors (Lipinski definition) is 3. The summed E-state index contributed by atoms with van der Waals surface area (Å²) in [6, 6.07) is 6.97. The van der Waals surface area contributed by atoms with Gasteiger partial charge in [-0.1, -0.05) is 29.3 Å². The van der Waals surface area contributed by atoms with E-state index in [-0.39, 0.29) is 10.6 Å². The van der Waals surface area contributed by atoms with E-state index in [1.165, 1.54) is 31.3 Å². The maximum Gasteiger partial charge on any atom is 0.187 e. The van der Waals surface area contributed by atoms with Crippen LogP contribution in [0.1, 0.15) is 22.8 Å². The largest absolute Gasteiger partial charge is 0.315 e. The van der Waals surface area contributed by atoms with Crippen LogP contribution in [0.3, 0.4) is 0 Å². The van der Waals surface area contributed by atoms with Gasteiger partial charge in [-0.05, 0) is 36.8 Å². The quantitative estimate of drug-likeness (QED) is 0.696. The number of aromatic nitrogens is 1. The van der Waals surface area contributed by atoms with Gasteiger partial charge in [0.1, 0.15) is 16.5 Å². The number of Topliss-reactive ketones (excluding diaryl/α,β-unsaturated/α-hetero) is 1. The van der Waals surface area contributed by atoms with E-state index < -0.39 is 17.1 Å². The van der Waals surface area contributed by atoms with Gasteiger partial charge in [0.25, 0.3) is 0 Å². The van der Waals surface area contributed by atoms with Crippen LogP contribution in [0.5, 0.6) is 0 Å². The molecular weight excluding hydrogens is 302 g/mol. The molecule has 0 saturated carbocycles. The van der Waals surface area contributed by atoms with Gasteiger partial charge in [0.05, 0.1) is 5.02 Å². The lowest BCUT2D eigenvalue weighted by molar-refractivity contribution is 0.0899. The van der Waals surface area contributed by atoms with Crippen LogP contribution < -0.4 is 5.73 Å². The summed E-state index contributed by atoms with van der Waals surface area (Å²) in [5, 5.41) is 0.253. The zero-order valence-corrected chi connectivity index (χ0v) is 12.0. The number of carbonyl (C=O) groups is 1. The molecule has 0 aliphatic rings. The third-order valence-corrected chi connectivity index (χ3v) is 3.51. The maximum absolute atomic E-state index is 13.4. The molecule has 1 aromatic carbocycles. The van der Waals surface area contributed by atoms with Crippen molar-refractivity contribution in [2.75, 3.05) is 0 Å². The Morgan fingerprint density at radius 3 is 2.55 bits per heavy atom. The smallest absolute Gasteiger partial charge is 0.187 e. The number of nitrogens with zero attached hydrogens (tertiary/aromatic N) is 1.